The van der Waals surface area contributed by atoms with E-state index in [0.717, 1.165) is 22.3 Å². The lowest BCUT2D eigenvalue weighted by Crippen LogP contribution is -2.47. The maximum atomic E-state index is 12.7. The van der Waals surface area contributed by atoms with E-state index >= 15 is 0 Å². The van der Waals surface area contributed by atoms with Crippen LogP contribution < -0.4 is 5.32 Å². The SMILES string of the molecule is O=C(O)[C@H]1C[C@H](C(=O)NCc2cccnc2)CN(Cc2cc3ccccc3o2)C1. The molecular weight excluding hydrogens is 370 g/mol. The summed E-state index contributed by atoms with van der Waals surface area (Å²) in [5, 5.41) is 13.5. The first-order valence-corrected chi connectivity index (χ1v) is 9.67. The number of rotatable bonds is 6. The van der Waals surface area contributed by atoms with Crippen LogP contribution in [0.25, 0.3) is 11.0 Å². The topological polar surface area (TPSA) is 95.7 Å². The largest absolute Gasteiger partial charge is 0.481 e. The molecule has 0 aliphatic carbocycles. The highest BCUT2D eigenvalue weighted by molar-refractivity contribution is 5.80. The Kier molecular flexibility index (Phi) is 5.57. The van der Waals surface area contributed by atoms with E-state index in [9.17, 15) is 14.7 Å². The Balaban J connectivity index is 1.43. The number of nitrogens with one attached hydrogen (secondary N) is 1. The zero-order chi connectivity index (χ0) is 20.2. The number of pyridine rings is 1. The number of likely N-dealkylation sites (tertiary alicyclic amines) is 1. The molecule has 2 N–H and O–H groups in total. The van der Waals surface area contributed by atoms with Crippen LogP contribution in [0.5, 0.6) is 0 Å². The Labute approximate surface area is 168 Å². The molecule has 1 fully saturated rings. The molecule has 7 heteroatoms. The standard InChI is InChI=1S/C22H23N3O4/c26-21(24-11-15-4-3-7-23-10-15)17-8-18(22(27)28)13-25(12-17)14-19-9-16-5-1-2-6-20(16)29-19/h1-7,9-10,17-18H,8,11-14H2,(H,24,26)(H,27,28)/t17-,18-/m0/s1. The normalized spacial score (nSPS) is 19.9. The van der Waals surface area contributed by atoms with E-state index in [4.69, 9.17) is 4.42 Å². The molecule has 1 saturated heterocycles. The fourth-order valence-corrected chi connectivity index (χ4v) is 3.86. The minimum atomic E-state index is -0.871. The number of fused-ring (bicyclic) bond motifs is 1. The molecule has 0 saturated carbocycles. The Hall–Kier alpha value is -3.19. The number of nitrogens with zero attached hydrogens (tertiary/aromatic N) is 2. The van der Waals surface area contributed by atoms with Crippen molar-refractivity contribution in [1.82, 2.24) is 15.2 Å². The van der Waals surface area contributed by atoms with Crippen molar-refractivity contribution in [1.29, 1.82) is 0 Å². The number of carboxylic acid groups (broad SMARTS) is 1. The number of aliphatic carboxylic acids is 1. The molecular formula is C22H23N3O4. The quantitative estimate of drug-likeness (QED) is 0.669. The summed E-state index contributed by atoms with van der Waals surface area (Å²) < 4.78 is 5.87. The van der Waals surface area contributed by atoms with Crippen molar-refractivity contribution < 1.29 is 19.1 Å². The minimum absolute atomic E-state index is 0.130. The molecule has 7 nitrogen and oxygen atoms in total. The van der Waals surface area contributed by atoms with E-state index in [1.807, 2.05) is 47.4 Å². The number of furan rings is 1. The third-order valence-electron chi connectivity index (χ3n) is 5.29. The third-order valence-corrected chi connectivity index (χ3v) is 5.29. The highest BCUT2D eigenvalue weighted by Crippen LogP contribution is 2.26. The number of hydrogen-bond acceptors (Lipinski definition) is 5. The van der Waals surface area contributed by atoms with Gasteiger partial charge in [0.25, 0.3) is 0 Å². The van der Waals surface area contributed by atoms with E-state index in [1.165, 1.54) is 0 Å². The lowest BCUT2D eigenvalue weighted by Gasteiger charge is -2.35. The van der Waals surface area contributed by atoms with Gasteiger partial charge in [0.2, 0.25) is 5.91 Å². The Morgan fingerprint density at radius 2 is 2.00 bits per heavy atom. The summed E-state index contributed by atoms with van der Waals surface area (Å²) in [7, 11) is 0. The fraction of sp³-hybridized carbons (Fsp3) is 0.318. The Morgan fingerprint density at radius 1 is 1.17 bits per heavy atom. The van der Waals surface area contributed by atoms with Crippen LogP contribution in [0, 0.1) is 11.8 Å². The van der Waals surface area contributed by atoms with Crippen molar-refractivity contribution in [2.45, 2.75) is 19.5 Å². The first kappa shape index (κ1) is 19.1. The lowest BCUT2D eigenvalue weighted by molar-refractivity contribution is -0.145. The second kappa shape index (κ2) is 8.45. The number of hydrogen-bond donors (Lipinski definition) is 2. The van der Waals surface area contributed by atoms with E-state index < -0.39 is 11.9 Å². The molecule has 0 radical (unpaired) electrons. The summed E-state index contributed by atoms with van der Waals surface area (Å²) in [6, 6.07) is 13.4. The van der Waals surface area contributed by atoms with Crippen LogP contribution >= 0.6 is 0 Å². The van der Waals surface area contributed by atoms with E-state index in [-0.39, 0.29) is 11.8 Å². The Bertz CT molecular complexity index is 968. The predicted octanol–water partition coefficient (Wildman–Crippen LogP) is 2.67. The Morgan fingerprint density at radius 3 is 2.76 bits per heavy atom. The maximum absolute atomic E-state index is 12.7. The van der Waals surface area contributed by atoms with Gasteiger partial charge in [0.15, 0.2) is 0 Å². The average molecular weight is 393 g/mol. The van der Waals surface area contributed by atoms with Gasteiger partial charge in [-0.1, -0.05) is 24.3 Å². The number of amides is 1. The first-order chi connectivity index (χ1) is 14.1. The molecule has 1 aliphatic heterocycles. The monoisotopic (exact) mass is 393 g/mol. The number of carboxylic acids is 1. The van der Waals surface area contributed by atoms with Crippen molar-refractivity contribution >= 4 is 22.8 Å². The summed E-state index contributed by atoms with van der Waals surface area (Å²) >= 11 is 0. The van der Waals surface area contributed by atoms with Crippen molar-refractivity contribution in [3.05, 3.63) is 66.2 Å². The van der Waals surface area contributed by atoms with Crippen LogP contribution in [0.2, 0.25) is 0 Å². The molecule has 0 unspecified atom stereocenters. The van der Waals surface area contributed by atoms with Gasteiger partial charge in [-0.3, -0.25) is 19.5 Å². The molecule has 3 heterocycles. The van der Waals surface area contributed by atoms with Crippen LogP contribution in [0.3, 0.4) is 0 Å². The zero-order valence-electron chi connectivity index (χ0n) is 16.0. The molecule has 29 heavy (non-hydrogen) atoms. The van der Waals surface area contributed by atoms with E-state index in [2.05, 4.69) is 10.3 Å². The molecule has 2 atom stereocenters. The summed E-state index contributed by atoms with van der Waals surface area (Å²) in [5.41, 5.74) is 1.71. The number of carbonyl (C=O) groups excluding carboxylic acids is 1. The zero-order valence-corrected chi connectivity index (χ0v) is 16.0. The number of aromatic nitrogens is 1. The number of piperidine rings is 1. The second-order valence-electron chi connectivity index (χ2n) is 7.49. The molecule has 4 rings (SSSR count). The fourth-order valence-electron chi connectivity index (χ4n) is 3.86. The molecule has 1 aromatic carbocycles. The van der Waals surface area contributed by atoms with E-state index in [1.54, 1.807) is 12.4 Å². The summed E-state index contributed by atoms with van der Waals surface area (Å²) in [6.45, 7) is 1.76. The molecule has 0 spiro atoms. The van der Waals surface area contributed by atoms with Gasteiger partial charge in [0.1, 0.15) is 11.3 Å². The smallest absolute Gasteiger partial charge is 0.307 e. The van der Waals surface area contributed by atoms with Crippen molar-refractivity contribution in [3.8, 4) is 0 Å². The summed E-state index contributed by atoms with van der Waals surface area (Å²) in [6.07, 6.45) is 3.72. The van der Waals surface area contributed by atoms with Crippen molar-refractivity contribution in [2.24, 2.45) is 11.8 Å². The lowest BCUT2D eigenvalue weighted by atomic mass is 9.88. The van der Waals surface area contributed by atoms with Gasteiger partial charge in [-0.05, 0) is 30.2 Å². The van der Waals surface area contributed by atoms with Gasteiger partial charge in [0.05, 0.1) is 18.4 Å². The van der Waals surface area contributed by atoms with Gasteiger partial charge >= 0.3 is 5.97 Å². The van der Waals surface area contributed by atoms with Crippen LogP contribution in [-0.4, -0.2) is 40.0 Å². The highest BCUT2D eigenvalue weighted by Gasteiger charge is 2.35. The number of carbonyl (C=O) groups is 2. The first-order valence-electron chi connectivity index (χ1n) is 9.67. The molecule has 3 aromatic rings. The second-order valence-corrected chi connectivity index (χ2v) is 7.49. The van der Waals surface area contributed by atoms with Gasteiger partial charge in [-0.2, -0.15) is 0 Å². The predicted molar refractivity (Wildman–Crippen MR) is 107 cm³/mol. The molecule has 0 bridgehead atoms. The summed E-state index contributed by atoms with van der Waals surface area (Å²) in [5.74, 6) is -1.20. The van der Waals surface area contributed by atoms with Crippen LogP contribution in [-0.2, 0) is 22.7 Å². The van der Waals surface area contributed by atoms with Gasteiger partial charge < -0.3 is 14.8 Å². The van der Waals surface area contributed by atoms with Gasteiger partial charge in [-0.15, -0.1) is 0 Å². The van der Waals surface area contributed by atoms with Crippen molar-refractivity contribution in [3.63, 3.8) is 0 Å². The molecule has 1 amide bonds. The van der Waals surface area contributed by atoms with Crippen LogP contribution in [0.15, 0.2) is 59.3 Å². The summed E-state index contributed by atoms with van der Waals surface area (Å²) in [4.78, 5) is 30.4. The average Bonchev–Trinajstić information content (AvgIpc) is 3.14. The number of para-hydroxylation sites is 1. The molecule has 150 valence electrons. The minimum Gasteiger partial charge on any atom is -0.481 e. The van der Waals surface area contributed by atoms with Gasteiger partial charge in [0, 0.05) is 37.4 Å². The maximum Gasteiger partial charge on any atom is 0.307 e. The number of benzene rings is 1. The highest BCUT2D eigenvalue weighted by atomic mass is 16.4. The van der Waals surface area contributed by atoms with Gasteiger partial charge in [-0.25, -0.2) is 0 Å². The van der Waals surface area contributed by atoms with E-state index in [0.29, 0.717) is 32.6 Å². The third kappa shape index (κ3) is 4.63. The van der Waals surface area contributed by atoms with Crippen LogP contribution in [0.4, 0.5) is 0 Å². The molecule has 1 aliphatic rings. The van der Waals surface area contributed by atoms with Crippen molar-refractivity contribution in [2.75, 3.05) is 13.1 Å². The molecule has 2 aromatic heterocycles. The van der Waals surface area contributed by atoms with Crippen LogP contribution in [0.1, 0.15) is 17.7 Å².